The van der Waals surface area contributed by atoms with Crippen LogP contribution in [0, 0.1) is 0 Å². The van der Waals surface area contributed by atoms with E-state index in [9.17, 15) is 14.4 Å². The molecule has 0 aliphatic carbocycles. The first-order chi connectivity index (χ1) is 15.9. The van der Waals surface area contributed by atoms with Gasteiger partial charge in [0.2, 0.25) is 0 Å². The van der Waals surface area contributed by atoms with Crippen LogP contribution in [0.15, 0.2) is 78.9 Å². The molecule has 5 amide bonds. The molecule has 8 heteroatoms. The second-order valence-electron chi connectivity index (χ2n) is 7.66. The molecule has 0 saturated heterocycles. The zero-order valence-electron chi connectivity index (χ0n) is 18.5. The molecule has 0 spiro atoms. The van der Waals surface area contributed by atoms with E-state index in [1.54, 1.807) is 60.7 Å². The predicted molar refractivity (Wildman–Crippen MR) is 130 cm³/mol. The summed E-state index contributed by atoms with van der Waals surface area (Å²) < 4.78 is 0. The third-order valence-electron chi connectivity index (χ3n) is 4.50. The van der Waals surface area contributed by atoms with Gasteiger partial charge in [-0.15, -0.1) is 0 Å². The summed E-state index contributed by atoms with van der Waals surface area (Å²) in [6.45, 7) is 4.13. The first-order valence-corrected chi connectivity index (χ1v) is 10.6. The van der Waals surface area contributed by atoms with Gasteiger partial charge in [0.05, 0.1) is 0 Å². The molecule has 33 heavy (non-hydrogen) atoms. The van der Waals surface area contributed by atoms with Crippen LogP contribution < -0.4 is 26.6 Å². The van der Waals surface area contributed by atoms with Crippen molar-refractivity contribution in [3.8, 4) is 0 Å². The minimum Gasteiger partial charge on any atom is -0.336 e. The Bertz CT molecular complexity index is 1100. The van der Waals surface area contributed by atoms with Gasteiger partial charge in [0.1, 0.15) is 0 Å². The highest BCUT2D eigenvalue weighted by molar-refractivity contribution is 6.05. The Morgan fingerprint density at radius 1 is 0.697 bits per heavy atom. The van der Waals surface area contributed by atoms with Crippen molar-refractivity contribution in [1.29, 1.82) is 0 Å². The summed E-state index contributed by atoms with van der Waals surface area (Å²) in [6.07, 6.45) is 0. The minimum absolute atomic E-state index is 0.0584. The number of para-hydroxylation sites is 1. The van der Waals surface area contributed by atoms with Crippen molar-refractivity contribution < 1.29 is 14.4 Å². The molecular formula is C25H27N5O3. The van der Waals surface area contributed by atoms with Crippen molar-refractivity contribution in [2.45, 2.75) is 26.4 Å². The Morgan fingerprint density at radius 2 is 1.30 bits per heavy atom. The van der Waals surface area contributed by atoms with Gasteiger partial charge >= 0.3 is 12.1 Å². The van der Waals surface area contributed by atoms with E-state index >= 15 is 0 Å². The lowest BCUT2D eigenvalue weighted by molar-refractivity contribution is 0.102. The third-order valence-corrected chi connectivity index (χ3v) is 4.50. The van der Waals surface area contributed by atoms with E-state index in [4.69, 9.17) is 0 Å². The standard InChI is InChI=1S/C25H27N5O3/c1-17(2)27-24(32)26-16-18-11-13-19(14-12-18)23(31)28-21-9-6-10-22(15-21)30-25(33)29-20-7-4-3-5-8-20/h3-15,17H,16H2,1-2H3,(H,28,31)(H2,26,27,32)(H2,29,30,33). The Kier molecular flexibility index (Phi) is 8.02. The number of amides is 5. The van der Waals surface area contributed by atoms with Crippen molar-refractivity contribution >= 4 is 35.0 Å². The number of benzene rings is 3. The molecule has 3 rings (SSSR count). The number of nitrogens with one attached hydrogen (secondary N) is 5. The lowest BCUT2D eigenvalue weighted by Crippen LogP contribution is -2.39. The van der Waals surface area contributed by atoms with Gasteiger partial charge in [-0.3, -0.25) is 4.79 Å². The predicted octanol–water partition coefficient (Wildman–Crippen LogP) is 4.79. The van der Waals surface area contributed by atoms with Gasteiger partial charge in [-0.1, -0.05) is 36.4 Å². The summed E-state index contributed by atoms with van der Waals surface area (Å²) in [5.41, 5.74) is 3.13. The Hall–Kier alpha value is -4.33. The topological polar surface area (TPSA) is 111 Å². The van der Waals surface area contributed by atoms with Gasteiger partial charge < -0.3 is 26.6 Å². The molecule has 0 bridgehead atoms. The fourth-order valence-electron chi connectivity index (χ4n) is 2.96. The molecule has 0 aromatic heterocycles. The minimum atomic E-state index is -0.379. The molecular weight excluding hydrogens is 418 g/mol. The normalized spacial score (nSPS) is 10.3. The number of urea groups is 2. The molecule has 3 aromatic rings. The van der Waals surface area contributed by atoms with E-state index < -0.39 is 0 Å². The average Bonchev–Trinajstić information content (AvgIpc) is 2.78. The molecule has 0 aliphatic heterocycles. The zero-order chi connectivity index (χ0) is 23.6. The number of hydrogen-bond donors (Lipinski definition) is 5. The number of hydrogen-bond acceptors (Lipinski definition) is 3. The van der Waals surface area contributed by atoms with Gasteiger partial charge in [0.15, 0.2) is 0 Å². The van der Waals surface area contributed by atoms with Gasteiger partial charge in [-0.05, 0) is 61.9 Å². The van der Waals surface area contributed by atoms with Crippen LogP contribution >= 0.6 is 0 Å². The second kappa shape index (κ2) is 11.3. The fraction of sp³-hybridized carbons (Fsp3) is 0.160. The van der Waals surface area contributed by atoms with Crippen LogP contribution in [-0.2, 0) is 6.54 Å². The first-order valence-electron chi connectivity index (χ1n) is 10.6. The molecule has 8 nitrogen and oxygen atoms in total. The van der Waals surface area contributed by atoms with E-state index in [1.165, 1.54) is 0 Å². The molecule has 0 atom stereocenters. The summed E-state index contributed by atoms with van der Waals surface area (Å²) >= 11 is 0. The molecule has 5 N–H and O–H groups in total. The van der Waals surface area contributed by atoms with E-state index in [1.807, 2.05) is 32.0 Å². The molecule has 3 aromatic carbocycles. The van der Waals surface area contributed by atoms with Gasteiger partial charge in [-0.2, -0.15) is 0 Å². The van der Waals surface area contributed by atoms with Gasteiger partial charge in [-0.25, -0.2) is 9.59 Å². The van der Waals surface area contributed by atoms with Crippen molar-refractivity contribution in [3.05, 3.63) is 90.0 Å². The maximum Gasteiger partial charge on any atom is 0.323 e. The maximum atomic E-state index is 12.6. The molecule has 0 fully saturated rings. The first kappa shape index (κ1) is 23.3. The molecule has 0 aliphatic rings. The molecule has 0 radical (unpaired) electrons. The number of carbonyl (C=O) groups excluding carboxylic acids is 3. The zero-order valence-corrected chi connectivity index (χ0v) is 18.5. The fourth-order valence-corrected chi connectivity index (χ4v) is 2.96. The monoisotopic (exact) mass is 445 g/mol. The highest BCUT2D eigenvalue weighted by Crippen LogP contribution is 2.17. The maximum absolute atomic E-state index is 12.6. The molecule has 0 saturated carbocycles. The number of carbonyl (C=O) groups is 3. The van der Waals surface area contributed by atoms with E-state index in [2.05, 4.69) is 26.6 Å². The van der Waals surface area contributed by atoms with Crippen LogP contribution in [0.25, 0.3) is 0 Å². The van der Waals surface area contributed by atoms with Gasteiger partial charge in [0.25, 0.3) is 5.91 Å². The Labute approximate surface area is 192 Å². The Morgan fingerprint density at radius 3 is 1.97 bits per heavy atom. The lowest BCUT2D eigenvalue weighted by atomic mass is 10.1. The summed E-state index contributed by atoms with van der Waals surface area (Å²) in [5.74, 6) is -0.280. The smallest absolute Gasteiger partial charge is 0.323 e. The lowest BCUT2D eigenvalue weighted by Gasteiger charge is -2.11. The van der Waals surface area contributed by atoms with Crippen molar-refractivity contribution in [2.24, 2.45) is 0 Å². The molecule has 170 valence electrons. The molecule has 0 heterocycles. The molecule has 0 unspecified atom stereocenters. The highest BCUT2D eigenvalue weighted by atomic mass is 16.2. The van der Waals surface area contributed by atoms with Crippen LogP contribution in [0.3, 0.4) is 0 Å². The quantitative estimate of drug-likeness (QED) is 0.360. The van der Waals surface area contributed by atoms with Gasteiger partial charge in [0, 0.05) is 35.2 Å². The SMILES string of the molecule is CC(C)NC(=O)NCc1ccc(C(=O)Nc2cccc(NC(=O)Nc3ccccc3)c2)cc1. The van der Waals surface area contributed by atoms with Crippen LogP contribution in [0.2, 0.25) is 0 Å². The van der Waals surface area contributed by atoms with Crippen LogP contribution in [0.4, 0.5) is 26.7 Å². The Balaban J connectivity index is 1.53. The summed E-state index contributed by atoms with van der Waals surface area (Å²) in [7, 11) is 0. The number of rotatable bonds is 7. The summed E-state index contributed by atoms with van der Waals surface area (Å²) in [6, 6.07) is 22.4. The van der Waals surface area contributed by atoms with E-state index in [-0.39, 0.29) is 24.0 Å². The second-order valence-corrected chi connectivity index (χ2v) is 7.66. The van der Waals surface area contributed by atoms with Crippen molar-refractivity contribution in [2.75, 3.05) is 16.0 Å². The van der Waals surface area contributed by atoms with E-state index in [0.717, 1.165) is 5.56 Å². The van der Waals surface area contributed by atoms with E-state index in [0.29, 0.717) is 29.2 Å². The summed E-state index contributed by atoms with van der Waals surface area (Å²) in [4.78, 5) is 36.4. The van der Waals surface area contributed by atoms with Crippen molar-refractivity contribution in [3.63, 3.8) is 0 Å². The highest BCUT2D eigenvalue weighted by Gasteiger charge is 2.09. The summed E-state index contributed by atoms with van der Waals surface area (Å²) in [5, 5.41) is 13.8. The largest absolute Gasteiger partial charge is 0.336 e. The van der Waals surface area contributed by atoms with Crippen LogP contribution in [-0.4, -0.2) is 24.0 Å². The number of anilines is 3. The third kappa shape index (κ3) is 7.70. The van der Waals surface area contributed by atoms with Crippen molar-refractivity contribution in [1.82, 2.24) is 10.6 Å². The average molecular weight is 446 g/mol. The van der Waals surface area contributed by atoms with Crippen LogP contribution in [0.5, 0.6) is 0 Å². The van der Waals surface area contributed by atoms with Crippen LogP contribution in [0.1, 0.15) is 29.8 Å².